The van der Waals surface area contributed by atoms with E-state index in [4.69, 9.17) is 9.47 Å². The summed E-state index contributed by atoms with van der Waals surface area (Å²) in [5.41, 5.74) is 1.89. The number of ether oxygens (including phenoxy) is 2. The molecule has 1 saturated heterocycles. The summed E-state index contributed by atoms with van der Waals surface area (Å²) in [6.07, 6.45) is -5.76. The van der Waals surface area contributed by atoms with Crippen molar-refractivity contribution in [2.75, 3.05) is 6.61 Å². The number of hydrogen-bond donors (Lipinski definition) is 6. The van der Waals surface area contributed by atoms with Gasteiger partial charge in [0, 0.05) is 12.0 Å². The number of hydrogen-bond acceptors (Lipinski definition) is 8. The van der Waals surface area contributed by atoms with Crippen molar-refractivity contribution in [2.45, 2.75) is 89.1 Å². The van der Waals surface area contributed by atoms with Gasteiger partial charge in [-0.25, -0.2) is 0 Å². The summed E-state index contributed by atoms with van der Waals surface area (Å²) in [4.78, 5) is 0. The van der Waals surface area contributed by atoms with E-state index >= 15 is 0 Å². The summed E-state index contributed by atoms with van der Waals surface area (Å²) in [5.74, 6) is 0. The number of aliphatic hydroxyl groups excluding tert-OH is 5. The average molecular weight is 388 g/mol. The molecule has 8 nitrogen and oxygen atoms in total. The van der Waals surface area contributed by atoms with E-state index in [0.29, 0.717) is 12.0 Å². The van der Waals surface area contributed by atoms with Crippen molar-refractivity contribution >= 4 is 0 Å². The van der Waals surface area contributed by atoms with Gasteiger partial charge in [0.1, 0.15) is 24.4 Å². The third kappa shape index (κ3) is 4.98. The fourth-order valence-electron chi connectivity index (χ4n) is 4.04. The molecule has 0 aromatic rings. The molecule has 0 radical (unpaired) electrons. The fourth-order valence-corrected chi connectivity index (χ4v) is 4.04. The zero-order valence-corrected chi connectivity index (χ0v) is 16.2. The van der Waals surface area contributed by atoms with Crippen molar-refractivity contribution < 1.29 is 40.1 Å². The molecule has 1 aliphatic heterocycles. The van der Waals surface area contributed by atoms with Gasteiger partial charge in [-0.1, -0.05) is 13.8 Å². The van der Waals surface area contributed by atoms with E-state index in [0.717, 1.165) is 0 Å². The van der Waals surface area contributed by atoms with E-state index in [1.54, 1.807) is 13.8 Å². The molecule has 2 fully saturated rings. The largest absolute Gasteiger partial charge is 0.394 e. The second-order valence-corrected chi connectivity index (χ2v) is 8.45. The molecule has 1 heterocycles. The lowest BCUT2D eigenvalue weighted by Gasteiger charge is -2.47. The Morgan fingerprint density at radius 1 is 1.19 bits per heavy atom. The molecule has 6 N–H and O–H groups in total. The monoisotopic (exact) mass is 388 g/mol. The van der Waals surface area contributed by atoms with E-state index in [2.05, 4.69) is 5.73 Å². The average Bonchev–Trinajstić information content (AvgIpc) is 2.52. The predicted octanol–water partition coefficient (Wildman–Crippen LogP) is -0.795. The summed E-state index contributed by atoms with van der Waals surface area (Å²) in [6, 6.07) is 0. The molecule has 0 amide bonds. The van der Waals surface area contributed by atoms with Gasteiger partial charge >= 0.3 is 0 Å². The third-order valence-electron chi connectivity index (χ3n) is 5.22. The SMILES string of the molecule is C[C@H](O)C=C=C1C(C)(C)C[C@H](O[C@@H]2O[C@H](CO)[C@@H](O)[C@H](O)[C@H]2O)C[C@@]1(C)O. The molecular weight excluding hydrogens is 356 g/mol. The molecule has 156 valence electrons. The van der Waals surface area contributed by atoms with Gasteiger partial charge in [0.2, 0.25) is 0 Å². The molecule has 8 atom stereocenters. The number of rotatable bonds is 4. The molecule has 1 saturated carbocycles. The van der Waals surface area contributed by atoms with E-state index < -0.39 is 60.5 Å². The minimum absolute atomic E-state index is 0.196. The molecule has 8 heteroatoms. The van der Waals surface area contributed by atoms with E-state index in [9.17, 15) is 30.6 Å². The van der Waals surface area contributed by atoms with E-state index in [1.165, 1.54) is 6.08 Å². The Morgan fingerprint density at radius 3 is 2.33 bits per heavy atom. The maximum atomic E-state index is 10.9. The lowest BCUT2D eigenvalue weighted by atomic mass is 9.65. The highest BCUT2D eigenvalue weighted by atomic mass is 16.7. The van der Waals surface area contributed by atoms with Crippen LogP contribution in [0.25, 0.3) is 0 Å². The molecule has 0 aromatic heterocycles. The van der Waals surface area contributed by atoms with Crippen LogP contribution in [-0.2, 0) is 9.47 Å². The summed E-state index contributed by atoms with van der Waals surface area (Å²) in [7, 11) is 0. The smallest absolute Gasteiger partial charge is 0.186 e. The Kier molecular flexibility index (Phi) is 6.90. The van der Waals surface area contributed by atoms with Crippen LogP contribution >= 0.6 is 0 Å². The minimum atomic E-state index is -1.51. The highest BCUT2D eigenvalue weighted by molar-refractivity contribution is 5.26. The van der Waals surface area contributed by atoms with Gasteiger partial charge in [-0.15, -0.1) is 5.73 Å². The first-order valence-electron chi connectivity index (χ1n) is 9.23. The summed E-state index contributed by atoms with van der Waals surface area (Å²) < 4.78 is 11.2. The van der Waals surface area contributed by atoms with E-state index in [1.807, 2.05) is 13.8 Å². The highest BCUT2D eigenvalue weighted by Crippen LogP contribution is 2.46. The van der Waals surface area contributed by atoms with Crippen LogP contribution < -0.4 is 0 Å². The van der Waals surface area contributed by atoms with Crippen LogP contribution in [0.2, 0.25) is 0 Å². The summed E-state index contributed by atoms with van der Waals surface area (Å²) in [6.45, 7) is 6.54. The normalized spacial score (nSPS) is 43.1. The van der Waals surface area contributed by atoms with Crippen LogP contribution in [0, 0.1) is 5.41 Å². The lowest BCUT2D eigenvalue weighted by molar-refractivity contribution is -0.316. The van der Waals surface area contributed by atoms with Crippen LogP contribution in [0.4, 0.5) is 0 Å². The van der Waals surface area contributed by atoms with Crippen molar-refractivity contribution in [3.63, 3.8) is 0 Å². The van der Waals surface area contributed by atoms with Gasteiger partial charge in [-0.3, -0.25) is 0 Å². The van der Waals surface area contributed by atoms with Gasteiger partial charge in [0.15, 0.2) is 6.29 Å². The Labute approximate surface area is 159 Å². The maximum Gasteiger partial charge on any atom is 0.186 e. The number of aliphatic hydroxyl groups is 6. The van der Waals surface area contributed by atoms with Crippen molar-refractivity contribution in [3.05, 3.63) is 17.4 Å². The molecule has 27 heavy (non-hydrogen) atoms. The fraction of sp³-hybridized carbons (Fsp3) is 0.842. The molecule has 0 spiro atoms. The zero-order chi connectivity index (χ0) is 20.6. The molecule has 2 rings (SSSR count). The Morgan fingerprint density at radius 2 is 1.81 bits per heavy atom. The van der Waals surface area contributed by atoms with Gasteiger partial charge < -0.3 is 40.1 Å². The van der Waals surface area contributed by atoms with Crippen LogP contribution in [-0.4, -0.2) is 85.8 Å². The molecule has 0 aromatic carbocycles. The van der Waals surface area contributed by atoms with Crippen molar-refractivity contribution in [1.82, 2.24) is 0 Å². The van der Waals surface area contributed by atoms with Crippen LogP contribution in [0.5, 0.6) is 0 Å². The third-order valence-corrected chi connectivity index (χ3v) is 5.22. The summed E-state index contributed by atoms with van der Waals surface area (Å²) >= 11 is 0. The quantitative estimate of drug-likeness (QED) is 0.344. The van der Waals surface area contributed by atoms with Gasteiger partial charge in [-0.2, -0.15) is 0 Å². The van der Waals surface area contributed by atoms with Crippen molar-refractivity contribution in [2.24, 2.45) is 5.41 Å². The van der Waals surface area contributed by atoms with E-state index in [-0.39, 0.29) is 6.42 Å². The first kappa shape index (κ1) is 22.5. The van der Waals surface area contributed by atoms with Gasteiger partial charge in [0.05, 0.1) is 24.4 Å². The standard InChI is InChI=1S/C19H32O8/c1-10(21)5-6-13-18(2,3)7-11(8-19(13,4)25)26-17-16(24)15(23)14(22)12(9-20)27-17/h5,10-12,14-17,20-25H,7-9H2,1-4H3/t6?,10-,11-,12+,14+,15-,16+,17+,19+/m0/s1. The topological polar surface area (TPSA) is 140 Å². The second kappa shape index (κ2) is 8.29. The highest BCUT2D eigenvalue weighted by Gasteiger charge is 2.49. The zero-order valence-electron chi connectivity index (χ0n) is 16.2. The van der Waals surface area contributed by atoms with Crippen LogP contribution in [0.15, 0.2) is 17.4 Å². The minimum Gasteiger partial charge on any atom is -0.394 e. The van der Waals surface area contributed by atoms with Gasteiger partial charge in [-0.05, 0) is 31.8 Å². The van der Waals surface area contributed by atoms with Crippen LogP contribution in [0.3, 0.4) is 0 Å². The Bertz CT molecular complexity index is 556. The molecule has 0 unspecified atom stereocenters. The predicted molar refractivity (Wildman–Crippen MR) is 95.6 cm³/mol. The second-order valence-electron chi connectivity index (χ2n) is 8.45. The van der Waals surface area contributed by atoms with Crippen LogP contribution in [0.1, 0.15) is 40.5 Å². The Hall–Kier alpha value is -0.800. The van der Waals surface area contributed by atoms with Crippen molar-refractivity contribution in [1.29, 1.82) is 0 Å². The first-order chi connectivity index (χ1) is 12.4. The first-order valence-corrected chi connectivity index (χ1v) is 9.23. The Balaban J connectivity index is 2.19. The molecule has 2 aliphatic rings. The lowest BCUT2D eigenvalue weighted by Crippen LogP contribution is -2.60. The molecule has 1 aliphatic carbocycles. The molecule has 0 bridgehead atoms. The van der Waals surface area contributed by atoms with Gasteiger partial charge in [0.25, 0.3) is 0 Å². The van der Waals surface area contributed by atoms with Crippen molar-refractivity contribution in [3.8, 4) is 0 Å². The summed E-state index contributed by atoms with van der Waals surface area (Å²) in [5, 5.41) is 59.6. The maximum absolute atomic E-state index is 10.9. The molecular formula is C19H32O8.